The molecule has 5 rings (SSSR count). The molecule has 0 aliphatic heterocycles. The van der Waals surface area contributed by atoms with Crippen molar-refractivity contribution >= 4 is 51.0 Å². The van der Waals surface area contributed by atoms with Gasteiger partial charge in [-0.1, -0.05) is 24.3 Å². The van der Waals surface area contributed by atoms with E-state index in [4.69, 9.17) is 4.98 Å². The molecule has 4 heterocycles. The van der Waals surface area contributed by atoms with Gasteiger partial charge < -0.3 is 4.40 Å². The fourth-order valence-electron chi connectivity index (χ4n) is 2.85. The van der Waals surface area contributed by atoms with Crippen LogP contribution in [0.15, 0.2) is 82.1 Å². The molecule has 31 heavy (non-hydrogen) atoms. The molecular formula is C21H16N8S2. The first-order valence-corrected chi connectivity index (χ1v) is 11.1. The zero-order valence-corrected chi connectivity index (χ0v) is 17.7. The number of aromatic nitrogens is 4. The molecule has 0 unspecified atom stereocenters. The van der Waals surface area contributed by atoms with Gasteiger partial charge in [0.1, 0.15) is 5.65 Å². The van der Waals surface area contributed by atoms with E-state index >= 15 is 0 Å². The van der Waals surface area contributed by atoms with E-state index in [1.807, 2.05) is 64.0 Å². The van der Waals surface area contributed by atoms with Crippen molar-refractivity contribution in [3.8, 4) is 11.3 Å². The van der Waals surface area contributed by atoms with Crippen LogP contribution < -0.4 is 10.9 Å². The molecule has 5 aromatic rings. The number of hydrogen-bond donors (Lipinski definition) is 2. The first kappa shape index (κ1) is 19.1. The van der Waals surface area contributed by atoms with Gasteiger partial charge in [0, 0.05) is 46.7 Å². The smallest absolute Gasteiger partial charge is 0.203 e. The summed E-state index contributed by atoms with van der Waals surface area (Å²) < 4.78 is 1.99. The number of pyridine rings is 1. The molecule has 0 saturated heterocycles. The third-order valence-corrected chi connectivity index (χ3v) is 5.65. The van der Waals surface area contributed by atoms with Gasteiger partial charge in [0.25, 0.3) is 0 Å². The van der Waals surface area contributed by atoms with E-state index in [1.54, 1.807) is 24.8 Å². The number of hydrogen-bond acceptors (Lipinski definition) is 9. The molecule has 0 spiro atoms. The molecule has 2 N–H and O–H groups in total. The molecule has 1 aromatic carbocycles. The molecule has 0 saturated carbocycles. The van der Waals surface area contributed by atoms with Crippen molar-refractivity contribution in [2.24, 2.45) is 10.2 Å². The van der Waals surface area contributed by atoms with E-state index in [1.165, 1.54) is 22.7 Å². The number of nitrogens with zero attached hydrogens (tertiary/aromatic N) is 6. The summed E-state index contributed by atoms with van der Waals surface area (Å²) >= 11 is 3.00. The van der Waals surface area contributed by atoms with E-state index in [0.717, 1.165) is 38.3 Å². The lowest BCUT2D eigenvalue weighted by Gasteiger charge is -1.98. The number of anilines is 2. The predicted molar refractivity (Wildman–Crippen MR) is 127 cm³/mol. The second-order valence-corrected chi connectivity index (χ2v) is 8.18. The molecule has 0 atom stereocenters. The van der Waals surface area contributed by atoms with Crippen LogP contribution in [0.5, 0.6) is 0 Å². The monoisotopic (exact) mass is 444 g/mol. The molecule has 0 bridgehead atoms. The van der Waals surface area contributed by atoms with Crippen molar-refractivity contribution in [1.82, 2.24) is 19.4 Å². The van der Waals surface area contributed by atoms with Crippen molar-refractivity contribution in [2.75, 3.05) is 10.9 Å². The van der Waals surface area contributed by atoms with Crippen molar-refractivity contribution in [3.05, 3.63) is 83.1 Å². The third-order valence-electron chi connectivity index (χ3n) is 4.29. The van der Waals surface area contributed by atoms with Gasteiger partial charge in [-0.25, -0.2) is 15.0 Å². The van der Waals surface area contributed by atoms with E-state index in [9.17, 15) is 0 Å². The molecule has 0 amide bonds. The fraction of sp³-hybridized carbons (Fsp3) is 0. The highest BCUT2D eigenvalue weighted by molar-refractivity contribution is 7.13. The van der Waals surface area contributed by atoms with Gasteiger partial charge in [-0.05, 0) is 17.7 Å². The lowest BCUT2D eigenvalue weighted by molar-refractivity contribution is 1.18. The number of rotatable bonds is 7. The van der Waals surface area contributed by atoms with Gasteiger partial charge in [0.05, 0.1) is 18.1 Å². The fourth-order valence-corrected chi connectivity index (χ4v) is 3.80. The number of nitrogens with one attached hydrogen (secondary N) is 2. The average molecular weight is 445 g/mol. The summed E-state index contributed by atoms with van der Waals surface area (Å²) in [6.45, 7) is 0. The third kappa shape index (κ3) is 4.65. The summed E-state index contributed by atoms with van der Waals surface area (Å²) in [5.41, 5.74) is 10.6. The zero-order valence-electron chi connectivity index (χ0n) is 16.1. The summed E-state index contributed by atoms with van der Waals surface area (Å²) in [7, 11) is 0. The lowest BCUT2D eigenvalue weighted by Crippen LogP contribution is -1.92. The van der Waals surface area contributed by atoms with Gasteiger partial charge in [0.2, 0.25) is 10.3 Å². The normalized spacial score (nSPS) is 11.6. The van der Waals surface area contributed by atoms with E-state index in [0.29, 0.717) is 0 Å². The van der Waals surface area contributed by atoms with E-state index < -0.39 is 0 Å². The molecule has 0 aliphatic rings. The van der Waals surface area contributed by atoms with Gasteiger partial charge in [-0.3, -0.25) is 10.9 Å². The van der Waals surface area contributed by atoms with Gasteiger partial charge >= 0.3 is 0 Å². The maximum Gasteiger partial charge on any atom is 0.203 e. The second-order valence-electron chi connectivity index (χ2n) is 6.39. The Hall–Kier alpha value is -3.89. The Bertz CT molecular complexity index is 1320. The first-order chi connectivity index (χ1) is 15.3. The Morgan fingerprint density at radius 3 is 2.06 bits per heavy atom. The SMILES string of the molecule is C(=N\Nc1nccs1)/c1ccc(-c2cn3cc(/C=N/Nc4nccs4)ccc3n2)cc1. The Labute approximate surface area is 185 Å². The maximum absolute atomic E-state index is 4.71. The van der Waals surface area contributed by atoms with Crippen molar-refractivity contribution < 1.29 is 0 Å². The number of benzene rings is 1. The summed E-state index contributed by atoms with van der Waals surface area (Å²) in [6.07, 6.45) is 11.0. The largest absolute Gasteiger partial charge is 0.306 e. The van der Waals surface area contributed by atoms with Crippen LogP contribution in [0.1, 0.15) is 11.1 Å². The number of thiazole rings is 2. The van der Waals surface area contributed by atoms with Crippen LogP contribution in [-0.2, 0) is 0 Å². The van der Waals surface area contributed by atoms with Crippen LogP contribution in [0.2, 0.25) is 0 Å². The number of hydrazone groups is 2. The summed E-state index contributed by atoms with van der Waals surface area (Å²) in [4.78, 5) is 13.0. The highest BCUT2D eigenvalue weighted by Gasteiger charge is 2.05. The Balaban J connectivity index is 1.28. The predicted octanol–water partition coefficient (Wildman–Crippen LogP) is 4.81. The van der Waals surface area contributed by atoms with Crippen LogP contribution in [0.25, 0.3) is 16.9 Å². The van der Waals surface area contributed by atoms with Crippen LogP contribution >= 0.6 is 22.7 Å². The molecule has 8 nitrogen and oxygen atoms in total. The highest BCUT2D eigenvalue weighted by Crippen LogP contribution is 2.20. The zero-order chi connectivity index (χ0) is 20.9. The highest BCUT2D eigenvalue weighted by atomic mass is 32.1. The van der Waals surface area contributed by atoms with Gasteiger partial charge in [-0.15, -0.1) is 22.7 Å². The number of fused-ring (bicyclic) bond motifs is 1. The van der Waals surface area contributed by atoms with Crippen LogP contribution in [0, 0.1) is 0 Å². The summed E-state index contributed by atoms with van der Waals surface area (Å²) in [5.74, 6) is 0. The van der Waals surface area contributed by atoms with Crippen molar-refractivity contribution in [1.29, 1.82) is 0 Å². The standard InChI is InChI=1S/C21H16N8S2/c1-4-17(5-2-15(1)11-24-27-20-22-7-9-30-20)18-14-29-13-16(3-6-19(29)26-18)12-25-28-21-23-8-10-31-21/h1-14H,(H,22,27)(H,23,28)/b24-11+,25-12+. The van der Waals surface area contributed by atoms with Crippen molar-refractivity contribution in [2.45, 2.75) is 0 Å². The molecule has 10 heteroatoms. The minimum atomic E-state index is 0.759. The Morgan fingerprint density at radius 2 is 1.42 bits per heavy atom. The van der Waals surface area contributed by atoms with E-state index in [-0.39, 0.29) is 0 Å². The van der Waals surface area contributed by atoms with Crippen molar-refractivity contribution in [3.63, 3.8) is 0 Å². The first-order valence-electron chi connectivity index (χ1n) is 9.30. The topological polar surface area (TPSA) is 91.9 Å². The molecular weight excluding hydrogens is 428 g/mol. The van der Waals surface area contributed by atoms with Gasteiger partial charge in [-0.2, -0.15) is 10.2 Å². The van der Waals surface area contributed by atoms with E-state index in [2.05, 4.69) is 31.0 Å². The lowest BCUT2D eigenvalue weighted by atomic mass is 10.1. The van der Waals surface area contributed by atoms with Crippen LogP contribution in [0.4, 0.5) is 10.3 Å². The van der Waals surface area contributed by atoms with Crippen LogP contribution in [-0.4, -0.2) is 31.8 Å². The van der Waals surface area contributed by atoms with Crippen LogP contribution in [0.3, 0.4) is 0 Å². The average Bonchev–Trinajstić information content (AvgIpc) is 3.56. The Morgan fingerprint density at radius 1 is 0.774 bits per heavy atom. The second kappa shape index (κ2) is 8.86. The minimum absolute atomic E-state index is 0.759. The molecule has 0 fully saturated rings. The quantitative estimate of drug-likeness (QED) is 0.278. The number of imidazole rings is 1. The molecule has 0 radical (unpaired) electrons. The Kier molecular flexibility index (Phi) is 5.46. The van der Waals surface area contributed by atoms with Gasteiger partial charge in [0.15, 0.2) is 0 Å². The molecule has 152 valence electrons. The summed E-state index contributed by atoms with van der Waals surface area (Å²) in [5, 5.41) is 13.8. The summed E-state index contributed by atoms with van der Waals surface area (Å²) in [6, 6.07) is 12.0. The minimum Gasteiger partial charge on any atom is -0.306 e. The molecule has 0 aliphatic carbocycles. The molecule has 4 aromatic heterocycles. The maximum atomic E-state index is 4.71.